The highest BCUT2D eigenvalue weighted by molar-refractivity contribution is 6.06. The number of carbonyl (C=O) groups is 3. The Morgan fingerprint density at radius 3 is 2.61 bits per heavy atom. The number of carbonyl (C=O) groups excluding carboxylic acids is 3. The maximum absolute atomic E-state index is 12.3. The topological polar surface area (TPSA) is 96.3 Å². The molecule has 2 atom stereocenters. The van der Waals surface area contributed by atoms with Gasteiger partial charge >= 0.3 is 0 Å². The van der Waals surface area contributed by atoms with Crippen LogP contribution in [0.3, 0.4) is 0 Å². The summed E-state index contributed by atoms with van der Waals surface area (Å²) >= 11 is 0. The van der Waals surface area contributed by atoms with Gasteiger partial charge in [0.05, 0.1) is 6.07 Å². The summed E-state index contributed by atoms with van der Waals surface area (Å²) in [5.74, 6) is -2.33. The summed E-state index contributed by atoms with van der Waals surface area (Å²) in [4.78, 5) is 35.5. The van der Waals surface area contributed by atoms with E-state index in [0.29, 0.717) is 11.3 Å². The van der Waals surface area contributed by atoms with Crippen LogP contribution in [0.2, 0.25) is 0 Å². The van der Waals surface area contributed by atoms with Crippen LogP contribution in [0.1, 0.15) is 37.0 Å². The monoisotopic (exact) mass is 314 g/mol. The quantitative estimate of drug-likeness (QED) is 0.609. The van der Waals surface area contributed by atoms with Crippen LogP contribution in [-0.2, 0) is 9.59 Å². The molecule has 1 aromatic carbocycles. The Bertz CT molecular complexity index is 673. The molecule has 1 aliphatic carbocycles. The van der Waals surface area contributed by atoms with Gasteiger partial charge in [-0.2, -0.15) is 5.26 Å². The Balaban J connectivity index is 2.03. The molecule has 23 heavy (non-hydrogen) atoms. The Morgan fingerprint density at radius 1 is 1.35 bits per heavy atom. The molecule has 6 heteroatoms. The molecule has 1 fully saturated rings. The number of ether oxygens (including phenoxy) is 1. The minimum atomic E-state index is -1.39. The lowest BCUT2D eigenvalue weighted by atomic mass is 10.0. The van der Waals surface area contributed by atoms with Crippen LogP contribution in [0.4, 0.5) is 0 Å². The van der Waals surface area contributed by atoms with Crippen molar-refractivity contribution >= 4 is 17.5 Å². The van der Waals surface area contributed by atoms with Gasteiger partial charge in [0.1, 0.15) is 5.75 Å². The van der Waals surface area contributed by atoms with Crippen molar-refractivity contribution in [1.29, 1.82) is 5.26 Å². The minimum absolute atomic E-state index is 0.0784. The molecule has 0 saturated heterocycles. The second-order valence-corrected chi connectivity index (χ2v) is 5.59. The molecule has 0 heterocycles. The van der Waals surface area contributed by atoms with E-state index in [1.165, 1.54) is 19.9 Å². The van der Waals surface area contributed by atoms with Crippen molar-refractivity contribution in [2.75, 3.05) is 0 Å². The van der Waals surface area contributed by atoms with Crippen molar-refractivity contribution in [1.82, 2.24) is 5.32 Å². The second-order valence-electron chi connectivity index (χ2n) is 5.59. The number of nitriles is 1. The highest BCUT2D eigenvalue weighted by Gasteiger charge is 2.34. The SMILES string of the molecule is CC(=O)c1cccc(O[C@H](C)C(=O)[C@@H](C#N)C(=O)NC2CC2)c1. The molecule has 1 aromatic rings. The van der Waals surface area contributed by atoms with E-state index in [1.54, 1.807) is 24.3 Å². The fourth-order valence-electron chi connectivity index (χ4n) is 2.05. The van der Waals surface area contributed by atoms with Crippen LogP contribution < -0.4 is 10.1 Å². The maximum atomic E-state index is 12.3. The molecule has 2 rings (SSSR count). The summed E-state index contributed by atoms with van der Waals surface area (Å²) in [5, 5.41) is 11.7. The number of nitrogens with one attached hydrogen (secondary N) is 1. The molecule has 0 radical (unpaired) electrons. The third kappa shape index (κ3) is 4.39. The van der Waals surface area contributed by atoms with Crippen LogP contribution in [0, 0.1) is 17.2 Å². The first-order valence-electron chi connectivity index (χ1n) is 7.43. The molecule has 1 amide bonds. The maximum Gasteiger partial charge on any atom is 0.245 e. The number of rotatable bonds is 7. The van der Waals surface area contributed by atoms with Gasteiger partial charge in [-0.05, 0) is 38.8 Å². The van der Waals surface area contributed by atoms with Crippen LogP contribution in [0.5, 0.6) is 5.75 Å². The summed E-state index contributed by atoms with van der Waals surface area (Å²) in [6.45, 7) is 2.92. The van der Waals surface area contributed by atoms with E-state index >= 15 is 0 Å². The normalized spacial score (nSPS) is 15.9. The highest BCUT2D eigenvalue weighted by atomic mass is 16.5. The third-order valence-electron chi connectivity index (χ3n) is 3.55. The van der Waals surface area contributed by atoms with Gasteiger partial charge in [-0.1, -0.05) is 12.1 Å². The zero-order valence-corrected chi connectivity index (χ0v) is 13.0. The van der Waals surface area contributed by atoms with Gasteiger partial charge < -0.3 is 10.1 Å². The molecule has 120 valence electrons. The second kappa shape index (κ2) is 7.05. The average molecular weight is 314 g/mol. The summed E-state index contributed by atoms with van der Waals surface area (Å²) in [6, 6.07) is 8.24. The Morgan fingerprint density at radius 2 is 2.04 bits per heavy atom. The molecule has 0 spiro atoms. The summed E-state index contributed by atoms with van der Waals surface area (Å²) in [6.07, 6.45) is 0.788. The molecule has 0 aliphatic heterocycles. The van der Waals surface area contributed by atoms with Crippen LogP contribution >= 0.6 is 0 Å². The first-order chi connectivity index (χ1) is 10.9. The number of Topliss-reactive ketones (excluding diaryl/α,β-unsaturated/α-hetero) is 2. The van der Waals surface area contributed by atoms with Crippen LogP contribution in [0.15, 0.2) is 24.3 Å². The number of hydrogen-bond donors (Lipinski definition) is 1. The number of ketones is 2. The van der Waals surface area contributed by atoms with Crippen LogP contribution in [-0.4, -0.2) is 29.6 Å². The number of benzene rings is 1. The zero-order valence-electron chi connectivity index (χ0n) is 13.0. The van der Waals surface area contributed by atoms with Gasteiger partial charge in [0.25, 0.3) is 0 Å². The van der Waals surface area contributed by atoms with E-state index in [9.17, 15) is 14.4 Å². The van der Waals surface area contributed by atoms with Gasteiger partial charge in [0.2, 0.25) is 5.91 Å². The van der Waals surface area contributed by atoms with Crippen molar-refractivity contribution < 1.29 is 19.1 Å². The van der Waals surface area contributed by atoms with Gasteiger partial charge in [-0.15, -0.1) is 0 Å². The van der Waals surface area contributed by atoms with Crippen molar-refractivity contribution in [3.8, 4) is 11.8 Å². The summed E-state index contributed by atoms with van der Waals surface area (Å²) in [7, 11) is 0. The first-order valence-corrected chi connectivity index (χ1v) is 7.43. The Hall–Kier alpha value is -2.68. The van der Waals surface area contributed by atoms with E-state index in [4.69, 9.17) is 10.00 Å². The van der Waals surface area contributed by atoms with Crippen molar-refractivity contribution in [3.63, 3.8) is 0 Å². The highest BCUT2D eigenvalue weighted by Crippen LogP contribution is 2.20. The molecule has 0 bridgehead atoms. The minimum Gasteiger partial charge on any atom is -0.483 e. The van der Waals surface area contributed by atoms with E-state index in [0.717, 1.165) is 12.8 Å². The van der Waals surface area contributed by atoms with Crippen molar-refractivity contribution in [2.24, 2.45) is 5.92 Å². The predicted octanol–water partition coefficient (Wildman–Crippen LogP) is 1.64. The van der Waals surface area contributed by atoms with E-state index in [2.05, 4.69) is 5.32 Å². The largest absolute Gasteiger partial charge is 0.483 e. The fourth-order valence-corrected chi connectivity index (χ4v) is 2.05. The molecule has 1 aliphatic rings. The number of hydrogen-bond acceptors (Lipinski definition) is 5. The lowest BCUT2D eigenvalue weighted by Crippen LogP contribution is -2.41. The average Bonchev–Trinajstić information content (AvgIpc) is 3.31. The van der Waals surface area contributed by atoms with E-state index in [1.807, 2.05) is 0 Å². The number of nitrogens with zero attached hydrogens (tertiary/aromatic N) is 1. The van der Waals surface area contributed by atoms with Crippen molar-refractivity contribution in [3.05, 3.63) is 29.8 Å². The molecule has 1 saturated carbocycles. The number of amides is 1. The molecule has 0 unspecified atom stereocenters. The van der Waals surface area contributed by atoms with Gasteiger partial charge in [-0.3, -0.25) is 14.4 Å². The first kappa shape index (κ1) is 16.7. The lowest BCUT2D eigenvalue weighted by Gasteiger charge is -2.16. The molecular weight excluding hydrogens is 296 g/mol. The standard InChI is InChI=1S/C17H18N2O4/c1-10(20)12-4-3-5-14(8-12)23-11(2)16(21)15(9-18)17(22)19-13-6-7-13/h3-5,8,11,13,15H,6-7H2,1-2H3,(H,19,22)/t11-,15-/m1/s1. The zero-order chi connectivity index (χ0) is 17.0. The molecule has 1 N–H and O–H groups in total. The van der Waals surface area contributed by atoms with Gasteiger partial charge in [-0.25, -0.2) is 0 Å². The molecule has 0 aromatic heterocycles. The third-order valence-corrected chi connectivity index (χ3v) is 3.55. The van der Waals surface area contributed by atoms with Gasteiger partial charge in [0, 0.05) is 11.6 Å². The summed E-state index contributed by atoms with van der Waals surface area (Å²) < 4.78 is 5.49. The smallest absolute Gasteiger partial charge is 0.245 e. The fraction of sp³-hybridized carbons (Fsp3) is 0.412. The van der Waals surface area contributed by atoms with E-state index in [-0.39, 0.29) is 11.8 Å². The van der Waals surface area contributed by atoms with E-state index < -0.39 is 23.7 Å². The lowest BCUT2D eigenvalue weighted by molar-refractivity contribution is -0.135. The van der Waals surface area contributed by atoms with Crippen LogP contribution in [0.25, 0.3) is 0 Å². The summed E-state index contributed by atoms with van der Waals surface area (Å²) in [5.41, 5.74) is 0.463. The Labute approximate surface area is 134 Å². The van der Waals surface area contributed by atoms with Gasteiger partial charge in [0.15, 0.2) is 23.6 Å². The molecule has 6 nitrogen and oxygen atoms in total. The van der Waals surface area contributed by atoms with Crippen molar-refractivity contribution in [2.45, 2.75) is 38.8 Å². The predicted molar refractivity (Wildman–Crippen MR) is 81.8 cm³/mol. The Kier molecular flexibility index (Phi) is 5.12. The molecular formula is C17H18N2O4.